The van der Waals surface area contributed by atoms with Crippen molar-refractivity contribution in [3.05, 3.63) is 0 Å². The summed E-state index contributed by atoms with van der Waals surface area (Å²) in [6.07, 6.45) is 20.8. The van der Waals surface area contributed by atoms with E-state index in [1.807, 2.05) is 0 Å². The van der Waals surface area contributed by atoms with E-state index in [0.29, 0.717) is 6.42 Å². The van der Waals surface area contributed by atoms with Gasteiger partial charge in [0.15, 0.2) is 0 Å². The molecule has 0 N–H and O–H groups in total. The second-order valence-corrected chi connectivity index (χ2v) is 9.01. The van der Waals surface area contributed by atoms with E-state index in [-0.39, 0.29) is 10.6 Å². The van der Waals surface area contributed by atoms with Crippen molar-refractivity contribution in [3.63, 3.8) is 0 Å². The standard InChI is InChI=1S/C18H35ClO.C6H15N.CH2Cl2/c1-2-3-4-5-6-7-8-9-10-11-12-13-14-15-16-17-18(19)20;1-4-7(5-2)6-3;2-1-3/h2-17H2,1H3;4-6H2,1-3H3;1H2. The number of carbonyl (C=O) groups is 1. The summed E-state index contributed by atoms with van der Waals surface area (Å²) in [7, 11) is 0. The Balaban J connectivity index is -0.000000603. The van der Waals surface area contributed by atoms with Crippen LogP contribution in [0.25, 0.3) is 0 Å². The molecule has 0 saturated heterocycles. The normalized spacial score (nSPS) is 10.3. The summed E-state index contributed by atoms with van der Waals surface area (Å²) < 4.78 is 0. The van der Waals surface area contributed by atoms with E-state index in [1.165, 1.54) is 103 Å². The third-order valence-electron chi connectivity index (χ3n) is 5.32. The lowest BCUT2D eigenvalue weighted by molar-refractivity contribution is -0.111. The molecule has 0 unspecified atom stereocenters. The van der Waals surface area contributed by atoms with Gasteiger partial charge in [0.2, 0.25) is 5.24 Å². The summed E-state index contributed by atoms with van der Waals surface area (Å²) in [6, 6.07) is 0. The third-order valence-corrected chi connectivity index (χ3v) is 5.51. The smallest absolute Gasteiger partial charge is 0.221 e. The monoisotopic (exact) mass is 487 g/mol. The van der Waals surface area contributed by atoms with Crippen LogP contribution < -0.4 is 0 Å². The first-order chi connectivity index (χ1) is 14.5. The molecule has 2 nitrogen and oxygen atoms in total. The van der Waals surface area contributed by atoms with E-state index < -0.39 is 0 Å². The summed E-state index contributed by atoms with van der Waals surface area (Å²) >= 11 is 14.8. The lowest BCUT2D eigenvalue weighted by Crippen LogP contribution is -2.21. The van der Waals surface area contributed by atoms with Crippen molar-refractivity contribution >= 4 is 40.0 Å². The van der Waals surface area contributed by atoms with E-state index >= 15 is 0 Å². The number of hydrogen-bond acceptors (Lipinski definition) is 2. The van der Waals surface area contributed by atoms with Crippen LogP contribution >= 0.6 is 34.8 Å². The quantitative estimate of drug-likeness (QED) is 0.102. The fourth-order valence-corrected chi connectivity index (χ4v) is 3.44. The van der Waals surface area contributed by atoms with Crippen LogP contribution in [0, 0.1) is 0 Å². The number of rotatable bonds is 19. The van der Waals surface area contributed by atoms with Crippen molar-refractivity contribution in [2.75, 3.05) is 25.0 Å². The molecule has 0 rings (SSSR count). The Morgan fingerprint density at radius 2 is 0.833 bits per heavy atom. The molecule has 0 aromatic carbocycles. The van der Waals surface area contributed by atoms with Crippen molar-refractivity contribution < 1.29 is 4.79 Å². The van der Waals surface area contributed by atoms with Gasteiger partial charge in [0, 0.05) is 6.42 Å². The highest BCUT2D eigenvalue weighted by molar-refractivity contribution is 6.63. The van der Waals surface area contributed by atoms with Crippen LogP contribution in [0.4, 0.5) is 0 Å². The zero-order valence-corrected chi connectivity index (χ0v) is 22.9. The van der Waals surface area contributed by atoms with E-state index in [2.05, 4.69) is 32.6 Å². The summed E-state index contributed by atoms with van der Waals surface area (Å²) in [5, 5.41) is 0.0136. The second-order valence-electron chi connectivity index (χ2n) is 7.78. The first-order valence-electron chi connectivity index (χ1n) is 12.6. The number of hydrogen-bond donors (Lipinski definition) is 0. The first-order valence-corrected chi connectivity index (χ1v) is 14.0. The Hall–Kier alpha value is 0.500. The molecule has 0 radical (unpaired) electrons. The highest BCUT2D eigenvalue weighted by Crippen LogP contribution is 2.13. The average Bonchev–Trinajstić information content (AvgIpc) is 2.73. The molecule has 0 fully saturated rings. The Kier molecular flexibility index (Phi) is 39.9. The molecule has 0 aliphatic carbocycles. The average molecular weight is 489 g/mol. The fraction of sp³-hybridized carbons (Fsp3) is 0.960. The van der Waals surface area contributed by atoms with Gasteiger partial charge in [-0.05, 0) is 37.7 Å². The van der Waals surface area contributed by atoms with Gasteiger partial charge in [-0.3, -0.25) is 4.79 Å². The van der Waals surface area contributed by atoms with Gasteiger partial charge in [-0.2, -0.15) is 0 Å². The lowest BCUT2D eigenvalue weighted by atomic mass is 10.0. The highest BCUT2D eigenvalue weighted by Gasteiger charge is 1.96. The van der Waals surface area contributed by atoms with E-state index in [4.69, 9.17) is 34.8 Å². The van der Waals surface area contributed by atoms with Crippen molar-refractivity contribution in [1.29, 1.82) is 0 Å². The van der Waals surface area contributed by atoms with Crippen molar-refractivity contribution in [3.8, 4) is 0 Å². The van der Waals surface area contributed by atoms with Gasteiger partial charge < -0.3 is 4.90 Å². The molecule has 0 amide bonds. The Bertz CT molecular complexity index is 295. The molecule has 0 aromatic rings. The highest BCUT2D eigenvalue weighted by atomic mass is 35.5. The second kappa shape index (κ2) is 34.1. The van der Waals surface area contributed by atoms with Crippen LogP contribution in [0.1, 0.15) is 130 Å². The maximum atomic E-state index is 10.5. The molecule has 0 atom stereocenters. The van der Waals surface area contributed by atoms with E-state index in [0.717, 1.165) is 12.8 Å². The minimum Gasteiger partial charge on any atom is -0.304 e. The molecule has 0 aliphatic rings. The van der Waals surface area contributed by atoms with Gasteiger partial charge in [-0.15, -0.1) is 23.2 Å². The molecule has 30 heavy (non-hydrogen) atoms. The SMILES string of the molecule is CCCCCCCCCCCCCCCCCC(=O)Cl.CCN(CC)CC.ClCCl. The minimum atomic E-state index is -0.181. The van der Waals surface area contributed by atoms with Crippen LogP contribution in [0.3, 0.4) is 0 Å². The molecule has 0 aromatic heterocycles. The Morgan fingerprint density at radius 1 is 0.567 bits per heavy atom. The van der Waals surface area contributed by atoms with Crippen LogP contribution in [0.5, 0.6) is 0 Å². The van der Waals surface area contributed by atoms with Crippen LogP contribution in [-0.2, 0) is 4.79 Å². The molecule has 184 valence electrons. The maximum absolute atomic E-state index is 10.5. The molecule has 0 aliphatic heterocycles. The maximum Gasteiger partial charge on any atom is 0.221 e. The van der Waals surface area contributed by atoms with Crippen LogP contribution in [0.15, 0.2) is 0 Å². The fourth-order valence-electron chi connectivity index (χ4n) is 3.31. The summed E-state index contributed by atoms with van der Waals surface area (Å²) in [5.74, 6) is 0. The number of alkyl halides is 2. The van der Waals surface area contributed by atoms with Crippen LogP contribution in [-0.4, -0.2) is 35.1 Å². The van der Waals surface area contributed by atoms with Gasteiger partial charge in [-0.1, -0.05) is 118 Å². The van der Waals surface area contributed by atoms with Gasteiger partial charge in [0.05, 0.1) is 5.34 Å². The molecule has 0 saturated carbocycles. The predicted octanol–water partition coefficient (Wildman–Crippen LogP) is 9.78. The van der Waals surface area contributed by atoms with Gasteiger partial charge >= 0.3 is 0 Å². The summed E-state index contributed by atoms with van der Waals surface area (Å²) in [6.45, 7) is 12.4. The van der Waals surface area contributed by atoms with Gasteiger partial charge in [0.25, 0.3) is 0 Å². The summed E-state index contributed by atoms with van der Waals surface area (Å²) in [4.78, 5) is 12.9. The first kappa shape index (κ1) is 35.1. The van der Waals surface area contributed by atoms with Crippen molar-refractivity contribution in [1.82, 2.24) is 4.90 Å². The molecular weight excluding hydrogens is 437 g/mol. The zero-order valence-electron chi connectivity index (χ0n) is 20.6. The molecule has 0 bridgehead atoms. The Morgan fingerprint density at radius 3 is 1.03 bits per heavy atom. The lowest BCUT2D eigenvalue weighted by Gasteiger charge is -2.13. The zero-order chi connectivity index (χ0) is 23.3. The van der Waals surface area contributed by atoms with Crippen molar-refractivity contribution in [2.45, 2.75) is 130 Å². The van der Waals surface area contributed by atoms with Crippen molar-refractivity contribution in [2.24, 2.45) is 0 Å². The molecule has 0 heterocycles. The summed E-state index contributed by atoms with van der Waals surface area (Å²) in [5.41, 5.74) is 0. The van der Waals surface area contributed by atoms with Crippen LogP contribution in [0.2, 0.25) is 0 Å². The molecule has 5 heteroatoms. The Labute approximate surface area is 204 Å². The van der Waals surface area contributed by atoms with Gasteiger partial charge in [-0.25, -0.2) is 0 Å². The predicted molar refractivity (Wildman–Crippen MR) is 140 cm³/mol. The van der Waals surface area contributed by atoms with E-state index in [1.54, 1.807) is 0 Å². The number of halogens is 3. The molecular formula is C25H52Cl3NO. The number of nitrogens with zero attached hydrogens (tertiary/aromatic N) is 1. The van der Waals surface area contributed by atoms with E-state index in [9.17, 15) is 4.79 Å². The van der Waals surface area contributed by atoms with Gasteiger partial charge in [0.1, 0.15) is 0 Å². The topological polar surface area (TPSA) is 20.3 Å². The molecule has 0 spiro atoms. The number of unbranched alkanes of at least 4 members (excludes halogenated alkanes) is 14. The minimum absolute atomic E-state index is 0.181. The third kappa shape index (κ3) is 39.0. The largest absolute Gasteiger partial charge is 0.304 e. The number of carbonyl (C=O) groups excluding carboxylic acids is 1.